The largest absolute Gasteiger partial charge is 0.315 e. The number of hydrogen-bond acceptors (Lipinski definition) is 1. The van der Waals surface area contributed by atoms with Gasteiger partial charge in [0.1, 0.15) is 0 Å². The van der Waals surface area contributed by atoms with E-state index in [0.29, 0.717) is 6.04 Å². The lowest BCUT2D eigenvalue weighted by atomic mass is 10.0. The minimum absolute atomic E-state index is 0.627. The van der Waals surface area contributed by atoms with Crippen molar-refractivity contribution in [3.8, 4) is 0 Å². The van der Waals surface area contributed by atoms with Crippen LogP contribution in [-0.2, 0) is 12.8 Å². The molecule has 0 fully saturated rings. The Balaban J connectivity index is 2.03. The minimum atomic E-state index is 0.627. The summed E-state index contributed by atoms with van der Waals surface area (Å²) in [6.45, 7) is 7.79. The smallest absolute Gasteiger partial charge is 0.00103 e. The van der Waals surface area contributed by atoms with Crippen molar-refractivity contribution >= 4 is 0 Å². The molecule has 1 aromatic rings. The zero-order valence-electron chi connectivity index (χ0n) is 12.3. The maximum Gasteiger partial charge on any atom is 0.00103 e. The molecule has 102 valence electrons. The Morgan fingerprint density at radius 2 is 1.50 bits per heavy atom. The summed E-state index contributed by atoms with van der Waals surface area (Å²) in [6.07, 6.45) is 7.73. The molecule has 0 atom stereocenters. The number of benzene rings is 1. The Morgan fingerprint density at radius 3 is 2.11 bits per heavy atom. The summed E-state index contributed by atoms with van der Waals surface area (Å²) >= 11 is 0. The molecule has 0 saturated carbocycles. The van der Waals surface area contributed by atoms with Gasteiger partial charge in [0.05, 0.1) is 0 Å². The van der Waals surface area contributed by atoms with Gasteiger partial charge in [0, 0.05) is 6.04 Å². The highest BCUT2D eigenvalue weighted by atomic mass is 14.9. The average Bonchev–Trinajstić information content (AvgIpc) is 2.38. The van der Waals surface area contributed by atoms with Crippen LogP contribution in [0.25, 0.3) is 0 Å². The van der Waals surface area contributed by atoms with Gasteiger partial charge < -0.3 is 5.32 Å². The summed E-state index contributed by atoms with van der Waals surface area (Å²) in [6, 6.07) is 9.74. The van der Waals surface area contributed by atoms with Gasteiger partial charge in [0.25, 0.3) is 0 Å². The molecule has 0 aliphatic carbocycles. The summed E-state index contributed by atoms with van der Waals surface area (Å²) in [7, 11) is 0. The van der Waals surface area contributed by atoms with E-state index >= 15 is 0 Å². The van der Waals surface area contributed by atoms with E-state index in [1.807, 2.05) is 0 Å². The Hall–Kier alpha value is -0.820. The molecule has 0 radical (unpaired) electrons. The second kappa shape index (κ2) is 9.16. The van der Waals surface area contributed by atoms with Crippen LogP contribution in [0.4, 0.5) is 0 Å². The van der Waals surface area contributed by atoms with Crippen LogP contribution in [0.3, 0.4) is 0 Å². The van der Waals surface area contributed by atoms with E-state index in [1.54, 1.807) is 0 Å². The van der Waals surface area contributed by atoms with Crippen molar-refractivity contribution in [2.75, 3.05) is 6.54 Å². The van der Waals surface area contributed by atoms with Crippen LogP contribution >= 0.6 is 0 Å². The van der Waals surface area contributed by atoms with Gasteiger partial charge >= 0.3 is 0 Å². The van der Waals surface area contributed by atoms with Gasteiger partial charge in [-0.1, -0.05) is 57.9 Å². The molecule has 0 amide bonds. The first-order chi connectivity index (χ1) is 8.72. The fraction of sp³-hybridized carbons (Fsp3) is 0.647. The summed E-state index contributed by atoms with van der Waals surface area (Å²) in [4.78, 5) is 0. The molecule has 0 spiro atoms. The second-order valence-corrected chi connectivity index (χ2v) is 5.44. The van der Waals surface area contributed by atoms with Gasteiger partial charge in [-0.05, 0) is 43.4 Å². The number of rotatable bonds is 9. The van der Waals surface area contributed by atoms with Crippen LogP contribution in [0.15, 0.2) is 24.3 Å². The summed E-state index contributed by atoms with van der Waals surface area (Å²) in [5, 5.41) is 3.47. The number of hydrogen-bond donors (Lipinski definition) is 1. The molecule has 0 aliphatic heterocycles. The molecule has 1 N–H and O–H groups in total. The molecule has 1 rings (SSSR count). The van der Waals surface area contributed by atoms with Gasteiger partial charge in [-0.3, -0.25) is 0 Å². The minimum Gasteiger partial charge on any atom is -0.315 e. The predicted octanol–water partition coefficient (Wildman–Crippen LogP) is 4.35. The Morgan fingerprint density at radius 1 is 0.889 bits per heavy atom. The Kier molecular flexibility index (Phi) is 7.75. The standard InChI is InChI=1S/C17H29N/c1-4-16-10-12-17(13-11-16)9-7-5-6-8-14-18-15(2)3/h10-13,15,18H,4-9,14H2,1-3H3. The maximum absolute atomic E-state index is 3.47. The lowest BCUT2D eigenvalue weighted by Crippen LogP contribution is -2.23. The number of unbranched alkanes of at least 4 members (excludes halogenated alkanes) is 3. The lowest BCUT2D eigenvalue weighted by Gasteiger charge is -2.07. The molecule has 0 bridgehead atoms. The van der Waals surface area contributed by atoms with E-state index in [4.69, 9.17) is 0 Å². The SMILES string of the molecule is CCc1ccc(CCCCCCNC(C)C)cc1. The molecule has 1 aromatic carbocycles. The van der Waals surface area contributed by atoms with Crippen LogP contribution in [0.1, 0.15) is 57.6 Å². The topological polar surface area (TPSA) is 12.0 Å². The predicted molar refractivity (Wildman–Crippen MR) is 81.1 cm³/mol. The molecule has 18 heavy (non-hydrogen) atoms. The first kappa shape index (κ1) is 15.2. The summed E-state index contributed by atoms with van der Waals surface area (Å²) in [5.41, 5.74) is 2.94. The van der Waals surface area contributed by atoms with Crippen molar-refractivity contribution in [1.82, 2.24) is 5.32 Å². The van der Waals surface area contributed by atoms with Crippen molar-refractivity contribution < 1.29 is 0 Å². The van der Waals surface area contributed by atoms with Crippen molar-refractivity contribution in [2.45, 2.75) is 65.3 Å². The molecular formula is C17H29N. The van der Waals surface area contributed by atoms with E-state index in [1.165, 1.54) is 49.8 Å². The van der Waals surface area contributed by atoms with E-state index < -0.39 is 0 Å². The Bertz CT molecular complexity index is 300. The van der Waals surface area contributed by atoms with E-state index in [9.17, 15) is 0 Å². The van der Waals surface area contributed by atoms with Crippen LogP contribution in [0.5, 0.6) is 0 Å². The second-order valence-electron chi connectivity index (χ2n) is 5.44. The van der Waals surface area contributed by atoms with Gasteiger partial charge in [-0.25, -0.2) is 0 Å². The normalized spacial score (nSPS) is 11.1. The molecule has 0 heterocycles. The number of aryl methyl sites for hydroxylation is 2. The van der Waals surface area contributed by atoms with Crippen LogP contribution < -0.4 is 5.32 Å². The first-order valence-corrected chi connectivity index (χ1v) is 7.53. The van der Waals surface area contributed by atoms with Crippen molar-refractivity contribution in [3.05, 3.63) is 35.4 Å². The third-order valence-corrected chi connectivity index (χ3v) is 3.38. The fourth-order valence-corrected chi connectivity index (χ4v) is 2.14. The van der Waals surface area contributed by atoms with Crippen LogP contribution in [0, 0.1) is 0 Å². The summed E-state index contributed by atoms with van der Waals surface area (Å²) in [5.74, 6) is 0. The monoisotopic (exact) mass is 247 g/mol. The molecule has 0 aromatic heterocycles. The van der Waals surface area contributed by atoms with Crippen molar-refractivity contribution in [3.63, 3.8) is 0 Å². The molecule has 0 aliphatic rings. The number of nitrogens with one attached hydrogen (secondary N) is 1. The van der Waals surface area contributed by atoms with Gasteiger partial charge in [-0.2, -0.15) is 0 Å². The molecule has 1 nitrogen and oxygen atoms in total. The highest BCUT2D eigenvalue weighted by Crippen LogP contribution is 2.10. The zero-order valence-corrected chi connectivity index (χ0v) is 12.3. The van der Waals surface area contributed by atoms with Gasteiger partial charge in [0.2, 0.25) is 0 Å². The highest BCUT2D eigenvalue weighted by Gasteiger charge is 1.96. The summed E-state index contributed by atoms with van der Waals surface area (Å²) < 4.78 is 0. The molecular weight excluding hydrogens is 218 g/mol. The molecule has 0 unspecified atom stereocenters. The average molecular weight is 247 g/mol. The van der Waals surface area contributed by atoms with Crippen molar-refractivity contribution in [2.24, 2.45) is 0 Å². The third kappa shape index (κ3) is 6.80. The first-order valence-electron chi connectivity index (χ1n) is 7.53. The van der Waals surface area contributed by atoms with E-state index in [-0.39, 0.29) is 0 Å². The van der Waals surface area contributed by atoms with Crippen LogP contribution in [0.2, 0.25) is 0 Å². The van der Waals surface area contributed by atoms with Gasteiger partial charge in [0.15, 0.2) is 0 Å². The Labute approximate surface area is 113 Å². The van der Waals surface area contributed by atoms with E-state index in [2.05, 4.69) is 50.4 Å². The maximum atomic E-state index is 3.47. The molecule has 0 saturated heterocycles. The van der Waals surface area contributed by atoms with Gasteiger partial charge in [-0.15, -0.1) is 0 Å². The highest BCUT2D eigenvalue weighted by molar-refractivity contribution is 5.22. The lowest BCUT2D eigenvalue weighted by molar-refractivity contribution is 0.542. The molecule has 1 heteroatoms. The quantitative estimate of drug-likeness (QED) is 0.640. The third-order valence-electron chi connectivity index (χ3n) is 3.38. The van der Waals surface area contributed by atoms with E-state index in [0.717, 1.165) is 6.42 Å². The van der Waals surface area contributed by atoms with Crippen molar-refractivity contribution in [1.29, 1.82) is 0 Å². The fourth-order valence-electron chi connectivity index (χ4n) is 2.14. The van der Waals surface area contributed by atoms with Crippen LogP contribution in [-0.4, -0.2) is 12.6 Å². The zero-order chi connectivity index (χ0) is 13.2.